The molecule has 2 N–H and O–H groups in total. The van der Waals surface area contributed by atoms with Crippen LogP contribution < -0.4 is 5.32 Å². The summed E-state index contributed by atoms with van der Waals surface area (Å²) in [5.41, 5.74) is 1.56. The number of rotatable bonds is 2. The fourth-order valence-corrected chi connectivity index (χ4v) is 2.49. The number of nitrogens with one attached hydrogen (secondary N) is 1. The topological polar surface area (TPSA) is 49.3 Å². The molecule has 2 rings (SSSR count). The van der Waals surface area contributed by atoms with Crippen molar-refractivity contribution in [3.63, 3.8) is 0 Å². The summed E-state index contributed by atoms with van der Waals surface area (Å²) in [6.07, 6.45) is 3.00. The highest BCUT2D eigenvalue weighted by Crippen LogP contribution is 2.20. The van der Waals surface area contributed by atoms with E-state index in [1.807, 2.05) is 13.0 Å². The number of halogens is 1. The predicted octanol–water partition coefficient (Wildman–Crippen LogP) is 2.68. The maximum absolute atomic E-state index is 12.1. The lowest BCUT2D eigenvalue weighted by molar-refractivity contribution is 0.0867. The molecule has 1 aromatic rings. The van der Waals surface area contributed by atoms with Crippen LogP contribution in [-0.2, 0) is 0 Å². The van der Waals surface area contributed by atoms with Crippen LogP contribution in [0.4, 0.5) is 0 Å². The molecule has 0 bridgehead atoms. The molecule has 1 fully saturated rings. The predicted molar refractivity (Wildman–Crippen MR) is 71.9 cm³/mol. The third kappa shape index (κ3) is 3.24. The fourth-order valence-electron chi connectivity index (χ4n) is 2.32. The highest BCUT2D eigenvalue weighted by molar-refractivity contribution is 6.31. The summed E-state index contributed by atoms with van der Waals surface area (Å²) in [4.78, 5) is 12.1. The Labute approximate surface area is 112 Å². The van der Waals surface area contributed by atoms with Gasteiger partial charge >= 0.3 is 0 Å². The number of aliphatic hydroxyl groups is 1. The van der Waals surface area contributed by atoms with E-state index < -0.39 is 0 Å². The fraction of sp³-hybridized carbons (Fsp3) is 0.500. The van der Waals surface area contributed by atoms with Gasteiger partial charge in [0.1, 0.15) is 0 Å². The summed E-state index contributed by atoms with van der Waals surface area (Å²) in [5, 5.41) is 13.0. The van der Waals surface area contributed by atoms with Crippen LogP contribution >= 0.6 is 11.6 Å². The summed E-state index contributed by atoms with van der Waals surface area (Å²) >= 11 is 5.91. The average Bonchev–Trinajstić information content (AvgIpc) is 2.35. The zero-order valence-corrected chi connectivity index (χ0v) is 11.2. The first kappa shape index (κ1) is 13.4. The van der Waals surface area contributed by atoms with Crippen LogP contribution in [0, 0.1) is 6.92 Å². The minimum Gasteiger partial charge on any atom is -0.393 e. The number of carbonyl (C=O) groups excluding carboxylic acids is 1. The Bertz CT molecular complexity index is 439. The smallest absolute Gasteiger partial charge is 0.251 e. The zero-order chi connectivity index (χ0) is 13.1. The largest absolute Gasteiger partial charge is 0.393 e. The van der Waals surface area contributed by atoms with Gasteiger partial charge in [0.25, 0.3) is 5.91 Å². The second-order valence-electron chi connectivity index (χ2n) is 4.94. The minimum atomic E-state index is -0.203. The summed E-state index contributed by atoms with van der Waals surface area (Å²) < 4.78 is 0. The third-order valence-electron chi connectivity index (χ3n) is 3.48. The van der Waals surface area contributed by atoms with Crippen molar-refractivity contribution in [2.24, 2.45) is 0 Å². The summed E-state index contributed by atoms with van der Waals surface area (Å²) in [5.74, 6) is -0.0728. The van der Waals surface area contributed by atoms with Crippen LogP contribution in [0.5, 0.6) is 0 Å². The van der Waals surface area contributed by atoms with E-state index >= 15 is 0 Å². The standard InChI is InChI=1S/C14H18ClNO2/c1-9-2-3-10(15)8-13(9)14(18)16-11-4-6-12(17)7-5-11/h2-3,8,11-12,17H,4-7H2,1H3,(H,16,18). The zero-order valence-electron chi connectivity index (χ0n) is 10.4. The third-order valence-corrected chi connectivity index (χ3v) is 3.71. The number of aryl methyl sites for hydroxylation is 1. The van der Waals surface area contributed by atoms with Crippen LogP contribution in [-0.4, -0.2) is 23.2 Å². The molecule has 98 valence electrons. The Morgan fingerprint density at radius 2 is 2.00 bits per heavy atom. The molecule has 18 heavy (non-hydrogen) atoms. The first-order valence-corrected chi connectivity index (χ1v) is 6.69. The Hall–Kier alpha value is -1.06. The molecule has 0 aliphatic heterocycles. The van der Waals surface area contributed by atoms with Crippen molar-refractivity contribution in [1.29, 1.82) is 0 Å². The number of benzene rings is 1. The molecule has 1 aromatic carbocycles. The van der Waals surface area contributed by atoms with Gasteiger partial charge in [0, 0.05) is 16.6 Å². The molecule has 4 heteroatoms. The number of hydrogen-bond donors (Lipinski definition) is 2. The van der Waals surface area contributed by atoms with Gasteiger partial charge in [-0.3, -0.25) is 4.79 Å². The summed E-state index contributed by atoms with van der Waals surface area (Å²) in [7, 11) is 0. The van der Waals surface area contributed by atoms with Gasteiger partial charge in [0.15, 0.2) is 0 Å². The van der Waals surface area contributed by atoms with Crippen LogP contribution in [0.25, 0.3) is 0 Å². The lowest BCUT2D eigenvalue weighted by Gasteiger charge is -2.26. The first-order chi connectivity index (χ1) is 8.56. The first-order valence-electron chi connectivity index (χ1n) is 6.31. The van der Waals surface area contributed by atoms with Crippen molar-refractivity contribution in [3.8, 4) is 0 Å². The highest BCUT2D eigenvalue weighted by atomic mass is 35.5. The van der Waals surface area contributed by atoms with Crippen LogP contribution in [0.1, 0.15) is 41.6 Å². The quantitative estimate of drug-likeness (QED) is 0.866. The van der Waals surface area contributed by atoms with E-state index in [2.05, 4.69) is 5.32 Å². The van der Waals surface area contributed by atoms with Crippen LogP contribution in [0.15, 0.2) is 18.2 Å². The Balaban J connectivity index is 2.01. The SMILES string of the molecule is Cc1ccc(Cl)cc1C(=O)NC1CCC(O)CC1. The van der Waals surface area contributed by atoms with E-state index in [4.69, 9.17) is 11.6 Å². The molecule has 0 saturated heterocycles. The molecule has 0 atom stereocenters. The molecule has 1 aliphatic carbocycles. The lowest BCUT2D eigenvalue weighted by Crippen LogP contribution is -2.38. The second kappa shape index (κ2) is 5.72. The van der Waals surface area contributed by atoms with E-state index in [-0.39, 0.29) is 18.1 Å². The van der Waals surface area contributed by atoms with Gasteiger partial charge in [-0.05, 0) is 50.3 Å². The van der Waals surface area contributed by atoms with Gasteiger partial charge in [0.05, 0.1) is 6.10 Å². The highest BCUT2D eigenvalue weighted by Gasteiger charge is 2.21. The number of aliphatic hydroxyl groups excluding tert-OH is 1. The molecule has 0 spiro atoms. The Kier molecular flexibility index (Phi) is 4.25. The second-order valence-corrected chi connectivity index (χ2v) is 5.37. The molecule has 0 radical (unpaired) electrons. The normalized spacial score (nSPS) is 23.7. The van der Waals surface area contributed by atoms with E-state index in [0.717, 1.165) is 31.2 Å². The van der Waals surface area contributed by atoms with E-state index in [1.54, 1.807) is 12.1 Å². The van der Waals surface area contributed by atoms with E-state index in [9.17, 15) is 9.90 Å². The lowest BCUT2D eigenvalue weighted by atomic mass is 9.93. The molecular weight excluding hydrogens is 250 g/mol. The molecule has 1 amide bonds. The van der Waals surface area contributed by atoms with Gasteiger partial charge in [-0.1, -0.05) is 17.7 Å². The molecule has 0 aromatic heterocycles. The van der Waals surface area contributed by atoms with E-state index in [1.165, 1.54) is 0 Å². The van der Waals surface area contributed by atoms with Crippen molar-refractivity contribution >= 4 is 17.5 Å². The molecule has 3 nitrogen and oxygen atoms in total. The average molecular weight is 268 g/mol. The minimum absolute atomic E-state index is 0.0728. The van der Waals surface area contributed by atoms with Crippen molar-refractivity contribution in [1.82, 2.24) is 5.32 Å². The molecule has 1 saturated carbocycles. The monoisotopic (exact) mass is 267 g/mol. The van der Waals surface area contributed by atoms with Gasteiger partial charge in [-0.25, -0.2) is 0 Å². The molecule has 0 unspecified atom stereocenters. The Morgan fingerprint density at radius 1 is 1.33 bits per heavy atom. The van der Waals surface area contributed by atoms with Crippen molar-refractivity contribution < 1.29 is 9.90 Å². The van der Waals surface area contributed by atoms with Gasteiger partial charge in [0.2, 0.25) is 0 Å². The van der Waals surface area contributed by atoms with Gasteiger partial charge < -0.3 is 10.4 Å². The maximum Gasteiger partial charge on any atom is 0.251 e. The van der Waals surface area contributed by atoms with Gasteiger partial charge in [-0.2, -0.15) is 0 Å². The van der Waals surface area contributed by atoms with Crippen molar-refractivity contribution in [2.75, 3.05) is 0 Å². The molecule has 0 heterocycles. The summed E-state index contributed by atoms with van der Waals surface area (Å²) in [6, 6.07) is 5.50. The van der Waals surface area contributed by atoms with E-state index in [0.29, 0.717) is 10.6 Å². The van der Waals surface area contributed by atoms with Crippen molar-refractivity contribution in [3.05, 3.63) is 34.3 Å². The van der Waals surface area contributed by atoms with Crippen LogP contribution in [0.3, 0.4) is 0 Å². The number of carbonyl (C=O) groups is 1. The Morgan fingerprint density at radius 3 is 2.67 bits per heavy atom. The molecule has 1 aliphatic rings. The number of amides is 1. The number of hydrogen-bond acceptors (Lipinski definition) is 2. The summed E-state index contributed by atoms with van der Waals surface area (Å²) in [6.45, 7) is 1.90. The van der Waals surface area contributed by atoms with Crippen molar-refractivity contribution in [2.45, 2.75) is 44.8 Å². The van der Waals surface area contributed by atoms with Crippen LogP contribution in [0.2, 0.25) is 5.02 Å². The maximum atomic E-state index is 12.1. The van der Waals surface area contributed by atoms with Gasteiger partial charge in [-0.15, -0.1) is 0 Å². The molecular formula is C14H18ClNO2.